The fourth-order valence-electron chi connectivity index (χ4n) is 2.33. The van der Waals surface area contributed by atoms with Crippen LogP contribution in [0.4, 0.5) is 0 Å². The van der Waals surface area contributed by atoms with Crippen LogP contribution in [0.1, 0.15) is 16.9 Å². The molecule has 0 aliphatic carbocycles. The molecule has 1 amide bonds. The van der Waals surface area contributed by atoms with Gasteiger partial charge in [-0.1, -0.05) is 22.0 Å². The molecule has 0 unspecified atom stereocenters. The van der Waals surface area contributed by atoms with E-state index in [1.807, 2.05) is 24.3 Å². The number of rotatable bonds is 2. The van der Waals surface area contributed by atoms with Crippen molar-refractivity contribution in [2.24, 2.45) is 5.73 Å². The average Bonchev–Trinajstić information content (AvgIpc) is 3.07. The Kier molecular flexibility index (Phi) is 3.58. The van der Waals surface area contributed by atoms with Crippen molar-refractivity contribution in [2.45, 2.75) is 12.5 Å². The second-order valence-corrected chi connectivity index (χ2v) is 5.84. The first-order valence-electron chi connectivity index (χ1n) is 6.50. The van der Waals surface area contributed by atoms with E-state index in [-0.39, 0.29) is 11.9 Å². The minimum absolute atomic E-state index is 0.0494. The molecule has 5 nitrogen and oxygen atoms in total. The van der Waals surface area contributed by atoms with Crippen molar-refractivity contribution in [3.8, 4) is 5.69 Å². The van der Waals surface area contributed by atoms with Crippen molar-refractivity contribution in [3.63, 3.8) is 0 Å². The van der Waals surface area contributed by atoms with E-state index < -0.39 is 0 Å². The third-order valence-electron chi connectivity index (χ3n) is 3.39. The number of nitrogens with two attached hydrogens (primary N) is 1. The Morgan fingerprint density at radius 1 is 1.40 bits per heavy atom. The van der Waals surface area contributed by atoms with Gasteiger partial charge in [0.25, 0.3) is 5.91 Å². The van der Waals surface area contributed by atoms with E-state index in [4.69, 9.17) is 5.73 Å². The molecule has 1 aliphatic rings. The fourth-order valence-corrected chi connectivity index (χ4v) is 2.72. The molecule has 6 heteroatoms. The highest BCUT2D eigenvalue weighted by atomic mass is 79.9. The summed E-state index contributed by atoms with van der Waals surface area (Å²) in [7, 11) is 0. The smallest absolute Gasteiger partial charge is 0.274 e. The summed E-state index contributed by atoms with van der Waals surface area (Å²) in [4.78, 5) is 14.1. The Hall–Kier alpha value is -1.66. The summed E-state index contributed by atoms with van der Waals surface area (Å²) < 4.78 is 2.68. The zero-order chi connectivity index (χ0) is 14.1. The fraction of sp³-hybridized carbons (Fsp3) is 0.286. The molecular weight excluding hydrogens is 320 g/mol. The number of amides is 1. The molecule has 2 N–H and O–H groups in total. The molecule has 1 fully saturated rings. The maximum absolute atomic E-state index is 12.3. The highest BCUT2D eigenvalue weighted by Gasteiger charge is 2.25. The minimum Gasteiger partial charge on any atom is -0.336 e. The third kappa shape index (κ3) is 2.62. The molecule has 3 rings (SSSR count). The number of carbonyl (C=O) groups excluding carboxylic acids is 1. The van der Waals surface area contributed by atoms with Crippen molar-refractivity contribution < 1.29 is 4.79 Å². The number of benzene rings is 1. The van der Waals surface area contributed by atoms with Crippen molar-refractivity contribution >= 4 is 21.8 Å². The standard InChI is InChI=1S/C14H15BrN4O/c15-10-2-1-3-12(8-10)19-7-5-13(17-19)14(20)18-6-4-11(16)9-18/h1-3,5,7-8,11H,4,6,9,16H2/t11-/m0/s1. The van der Waals surface area contributed by atoms with Crippen molar-refractivity contribution in [1.29, 1.82) is 0 Å². The van der Waals surface area contributed by atoms with Gasteiger partial charge >= 0.3 is 0 Å². The summed E-state index contributed by atoms with van der Waals surface area (Å²) in [6.07, 6.45) is 2.66. The largest absolute Gasteiger partial charge is 0.336 e. The molecule has 2 aromatic rings. The highest BCUT2D eigenvalue weighted by molar-refractivity contribution is 9.10. The zero-order valence-electron chi connectivity index (χ0n) is 10.9. The van der Waals surface area contributed by atoms with Gasteiger partial charge in [-0.3, -0.25) is 4.79 Å². The van der Waals surface area contributed by atoms with E-state index in [0.29, 0.717) is 18.8 Å². The van der Waals surface area contributed by atoms with Crippen LogP contribution >= 0.6 is 15.9 Å². The molecule has 1 saturated heterocycles. The van der Waals surface area contributed by atoms with Gasteiger partial charge in [-0.15, -0.1) is 0 Å². The summed E-state index contributed by atoms with van der Waals surface area (Å²) in [5.74, 6) is -0.0494. The lowest BCUT2D eigenvalue weighted by atomic mass is 10.3. The molecular formula is C14H15BrN4O. The van der Waals surface area contributed by atoms with Crippen LogP contribution in [0, 0.1) is 0 Å². The minimum atomic E-state index is -0.0494. The number of likely N-dealkylation sites (tertiary alicyclic amines) is 1. The molecule has 0 bridgehead atoms. The summed E-state index contributed by atoms with van der Waals surface area (Å²) in [6, 6.07) is 9.61. The monoisotopic (exact) mass is 334 g/mol. The van der Waals surface area contributed by atoms with Gasteiger partial charge in [0.05, 0.1) is 5.69 Å². The number of hydrogen-bond acceptors (Lipinski definition) is 3. The Morgan fingerprint density at radius 3 is 2.95 bits per heavy atom. The lowest BCUT2D eigenvalue weighted by Crippen LogP contribution is -2.32. The molecule has 1 aromatic heterocycles. The van der Waals surface area contributed by atoms with Gasteiger partial charge in [-0.2, -0.15) is 5.10 Å². The number of aromatic nitrogens is 2. The summed E-state index contributed by atoms with van der Waals surface area (Å²) in [5, 5.41) is 4.35. The lowest BCUT2D eigenvalue weighted by Gasteiger charge is -2.13. The molecule has 104 valence electrons. The molecule has 1 atom stereocenters. The first-order chi connectivity index (χ1) is 9.63. The second kappa shape index (κ2) is 5.38. The van der Waals surface area contributed by atoms with Crippen molar-refractivity contribution in [3.05, 3.63) is 46.7 Å². The van der Waals surface area contributed by atoms with Gasteiger partial charge in [0, 0.05) is 29.8 Å². The van der Waals surface area contributed by atoms with Crippen LogP contribution in [0.3, 0.4) is 0 Å². The lowest BCUT2D eigenvalue weighted by molar-refractivity contribution is 0.0784. The van der Waals surface area contributed by atoms with E-state index in [9.17, 15) is 4.79 Å². The molecule has 1 aliphatic heterocycles. The maximum Gasteiger partial charge on any atom is 0.274 e. The van der Waals surface area contributed by atoms with Gasteiger partial charge in [-0.05, 0) is 30.7 Å². The van der Waals surface area contributed by atoms with Crippen molar-refractivity contribution in [1.82, 2.24) is 14.7 Å². The number of hydrogen-bond donors (Lipinski definition) is 1. The maximum atomic E-state index is 12.3. The normalized spacial score (nSPS) is 18.5. The molecule has 20 heavy (non-hydrogen) atoms. The zero-order valence-corrected chi connectivity index (χ0v) is 12.5. The van der Waals surface area contributed by atoms with Crippen LogP contribution in [0.5, 0.6) is 0 Å². The van der Waals surface area contributed by atoms with E-state index in [1.54, 1.807) is 21.8 Å². The van der Waals surface area contributed by atoms with E-state index in [1.165, 1.54) is 0 Å². The molecule has 0 saturated carbocycles. The highest BCUT2D eigenvalue weighted by Crippen LogP contribution is 2.16. The Labute approximate surface area is 125 Å². The topological polar surface area (TPSA) is 64.2 Å². The van der Waals surface area contributed by atoms with Crippen molar-refractivity contribution in [2.75, 3.05) is 13.1 Å². The predicted octanol–water partition coefficient (Wildman–Crippen LogP) is 1.81. The Balaban J connectivity index is 1.81. The molecule has 1 aromatic carbocycles. The first-order valence-corrected chi connectivity index (χ1v) is 7.29. The molecule has 0 radical (unpaired) electrons. The van der Waals surface area contributed by atoms with Crippen LogP contribution in [0.2, 0.25) is 0 Å². The third-order valence-corrected chi connectivity index (χ3v) is 3.89. The van der Waals surface area contributed by atoms with Gasteiger partial charge in [-0.25, -0.2) is 4.68 Å². The Morgan fingerprint density at radius 2 is 2.25 bits per heavy atom. The van der Waals surface area contributed by atoms with Gasteiger partial charge < -0.3 is 10.6 Å². The summed E-state index contributed by atoms with van der Waals surface area (Å²) >= 11 is 3.43. The number of halogens is 1. The second-order valence-electron chi connectivity index (χ2n) is 4.93. The van der Waals surface area contributed by atoms with Gasteiger partial charge in [0.15, 0.2) is 5.69 Å². The SMILES string of the molecule is N[C@H]1CCN(C(=O)c2ccn(-c3cccc(Br)c3)n2)C1. The number of nitrogens with zero attached hydrogens (tertiary/aromatic N) is 3. The average molecular weight is 335 g/mol. The molecule has 0 spiro atoms. The summed E-state index contributed by atoms with van der Waals surface area (Å²) in [6.45, 7) is 1.33. The van der Waals surface area contributed by atoms with Crippen LogP contribution in [0.15, 0.2) is 41.0 Å². The van der Waals surface area contributed by atoms with Crippen LogP contribution < -0.4 is 5.73 Å². The number of carbonyl (C=O) groups is 1. The van der Waals surface area contributed by atoms with Crippen LogP contribution in [-0.2, 0) is 0 Å². The Bertz CT molecular complexity index is 640. The van der Waals surface area contributed by atoms with E-state index >= 15 is 0 Å². The van der Waals surface area contributed by atoms with E-state index in [0.717, 1.165) is 16.6 Å². The first kappa shape index (κ1) is 13.3. The van der Waals surface area contributed by atoms with Gasteiger partial charge in [0.2, 0.25) is 0 Å². The molecule has 2 heterocycles. The van der Waals surface area contributed by atoms with Gasteiger partial charge in [0.1, 0.15) is 0 Å². The predicted molar refractivity (Wildman–Crippen MR) is 79.8 cm³/mol. The summed E-state index contributed by atoms with van der Waals surface area (Å²) in [5.41, 5.74) is 7.20. The van der Waals surface area contributed by atoms with Crippen LogP contribution in [-0.4, -0.2) is 39.7 Å². The quantitative estimate of drug-likeness (QED) is 0.910. The van der Waals surface area contributed by atoms with Crippen LogP contribution in [0.25, 0.3) is 5.69 Å². The van der Waals surface area contributed by atoms with E-state index in [2.05, 4.69) is 21.0 Å².